The molecule has 0 amide bonds. The van der Waals surface area contributed by atoms with Crippen molar-refractivity contribution in [2.45, 2.75) is 26.0 Å². The van der Waals surface area contributed by atoms with Gasteiger partial charge in [0.05, 0.1) is 5.60 Å². The van der Waals surface area contributed by atoms with E-state index >= 15 is 0 Å². The van der Waals surface area contributed by atoms with Crippen molar-refractivity contribution in [2.75, 3.05) is 0 Å². The van der Waals surface area contributed by atoms with Crippen LogP contribution in [0.15, 0.2) is 24.3 Å². The van der Waals surface area contributed by atoms with E-state index in [9.17, 15) is 5.11 Å². The van der Waals surface area contributed by atoms with Crippen LogP contribution in [0.3, 0.4) is 0 Å². The molecule has 0 heterocycles. The second-order valence-electron chi connectivity index (χ2n) is 4.12. The summed E-state index contributed by atoms with van der Waals surface area (Å²) in [6.45, 7) is 4.18. The number of quaternary nitrogens is 1. The minimum atomic E-state index is -0.795. The van der Waals surface area contributed by atoms with E-state index in [-0.39, 0.29) is 0 Å². The van der Waals surface area contributed by atoms with Crippen LogP contribution in [0.25, 0.3) is 0 Å². The zero-order valence-corrected chi connectivity index (χ0v) is 10.4. The predicted octanol–water partition coefficient (Wildman–Crippen LogP) is 0.0350. The summed E-state index contributed by atoms with van der Waals surface area (Å²) in [6, 6.07) is 7.76. The lowest BCUT2D eigenvalue weighted by Crippen LogP contribution is -2.69. The fourth-order valence-electron chi connectivity index (χ4n) is 1.28. The molecule has 5 heteroatoms. The monoisotopic (exact) mass is 240 g/mol. The minimum absolute atomic E-state index is 0.520. The molecule has 0 bridgehead atoms. The third-order valence-corrected chi connectivity index (χ3v) is 2.56. The molecule has 0 aliphatic carbocycles. The Bertz CT molecular complexity index is 356. The number of aliphatic hydroxyl groups is 1. The number of hydrogen-bond donors (Lipinski definition) is 4. The van der Waals surface area contributed by atoms with Crippen molar-refractivity contribution in [2.24, 2.45) is 0 Å². The Morgan fingerprint density at radius 3 is 2.38 bits per heavy atom. The highest BCUT2D eigenvalue weighted by atomic mass is 32.1. The summed E-state index contributed by atoms with van der Waals surface area (Å²) >= 11 is 4.91. The third kappa shape index (κ3) is 3.77. The Labute approximate surface area is 101 Å². The predicted molar refractivity (Wildman–Crippen MR) is 67.1 cm³/mol. The van der Waals surface area contributed by atoms with Crippen LogP contribution in [-0.4, -0.2) is 10.2 Å². The normalized spacial score (nSPS) is 11.0. The molecule has 4 nitrogen and oxygen atoms in total. The van der Waals surface area contributed by atoms with Gasteiger partial charge in [-0.1, -0.05) is 24.3 Å². The van der Waals surface area contributed by atoms with Gasteiger partial charge in [0.25, 0.3) is 0 Å². The number of nitrogens with one attached hydrogen (secondary N) is 2. The Morgan fingerprint density at radius 2 is 1.94 bits per heavy atom. The Kier molecular flexibility index (Phi) is 4.23. The van der Waals surface area contributed by atoms with Gasteiger partial charge in [-0.2, -0.15) is 0 Å². The summed E-state index contributed by atoms with van der Waals surface area (Å²) in [6.07, 6.45) is 0. The van der Waals surface area contributed by atoms with Crippen molar-refractivity contribution in [1.82, 2.24) is 10.7 Å². The maximum absolute atomic E-state index is 9.78. The van der Waals surface area contributed by atoms with Crippen molar-refractivity contribution < 1.29 is 10.9 Å². The van der Waals surface area contributed by atoms with Crippen LogP contribution >= 0.6 is 12.2 Å². The lowest BCUT2D eigenvalue weighted by atomic mass is 9.97. The first-order chi connectivity index (χ1) is 7.43. The van der Waals surface area contributed by atoms with Gasteiger partial charge in [0.15, 0.2) is 0 Å². The number of thiocarbonyl (C=S) groups is 1. The van der Waals surface area contributed by atoms with Crippen LogP contribution in [-0.2, 0) is 12.1 Å². The SMILES string of the molecule is CC(C)(O)c1ccc(CNC(=S)N[NH3+])cc1. The summed E-state index contributed by atoms with van der Waals surface area (Å²) in [5, 5.41) is 13.3. The largest absolute Gasteiger partial charge is 0.386 e. The van der Waals surface area contributed by atoms with E-state index in [0.29, 0.717) is 11.7 Å². The molecule has 16 heavy (non-hydrogen) atoms. The maximum atomic E-state index is 9.78. The first-order valence-electron chi connectivity index (χ1n) is 5.06. The van der Waals surface area contributed by atoms with E-state index in [1.54, 1.807) is 13.8 Å². The van der Waals surface area contributed by atoms with Crippen LogP contribution in [0.2, 0.25) is 0 Å². The van der Waals surface area contributed by atoms with Crippen LogP contribution in [0.5, 0.6) is 0 Å². The van der Waals surface area contributed by atoms with E-state index in [2.05, 4.69) is 16.6 Å². The molecule has 0 saturated carbocycles. The highest BCUT2D eigenvalue weighted by Crippen LogP contribution is 2.19. The lowest BCUT2D eigenvalue weighted by Gasteiger charge is -2.18. The minimum Gasteiger partial charge on any atom is -0.386 e. The fourth-order valence-corrected chi connectivity index (χ4v) is 1.35. The van der Waals surface area contributed by atoms with Gasteiger partial charge in [-0.3, -0.25) is 5.84 Å². The van der Waals surface area contributed by atoms with Crippen LogP contribution in [0, 0.1) is 0 Å². The van der Waals surface area contributed by atoms with Crippen LogP contribution in [0.1, 0.15) is 25.0 Å². The smallest absolute Gasteiger partial charge is 0.213 e. The molecule has 0 radical (unpaired) electrons. The third-order valence-electron chi connectivity index (χ3n) is 2.27. The van der Waals surface area contributed by atoms with Crippen molar-refractivity contribution >= 4 is 17.3 Å². The molecule has 1 rings (SSSR count). The molecule has 0 saturated heterocycles. The second-order valence-corrected chi connectivity index (χ2v) is 4.52. The van der Waals surface area contributed by atoms with Gasteiger partial charge < -0.3 is 10.4 Å². The van der Waals surface area contributed by atoms with E-state index < -0.39 is 5.60 Å². The summed E-state index contributed by atoms with van der Waals surface area (Å²) in [5.74, 6) is 3.46. The van der Waals surface area contributed by atoms with Gasteiger partial charge in [-0.25, -0.2) is 5.43 Å². The van der Waals surface area contributed by atoms with Gasteiger partial charge in [0.2, 0.25) is 5.11 Å². The van der Waals surface area contributed by atoms with E-state index in [0.717, 1.165) is 11.1 Å². The zero-order valence-electron chi connectivity index (χ0n) is 9.58. The first-order valence-corrected chi connectivity index (χ1v) is 5.47. The molecule has 0 aliphatic heterocycles. The molecule has 0 aliphatic rings. The van der Waals surface area contributed by atoms with Crippen LogP contribution in [0.4, 0.5) is 0 Å². The Balaban J connectivity index is 2.62. The van der Waals surface area contributed by atoms with Gasteiger partial charge in [0, 0.05) is 6.54 Å². The number of rotatable bonds is 3. The lowest BCUT2D eigenvalue weighted by molar-refractivity contribution is -0.419. The van der Waals surface area contributed by atoms with E-state index in [1.165, 1.54) is 0 Å². The molecule has 88 valence electrons. The highest BCUT2D eigenvalue weighted by molar-refractivity contribution is 7.80. The number of benzene rings is 1. The molecule has 0 atom stereocenters. The molecule has 0 unspecified atom stereocenters. The molecule has 0 spiro atoms. The van der Waals surface area contributed by atoms with Crippen molar-refractivity contribution in [3.8, 4) is 0 Å². The van der Waals surface area contributed by atoms with Crippen molar-refractivity contribution in [1.29, 1.82) is 0 Å². The van der Waals surface area contributed by atoms with Crippen molar-refractivity contribution in [3.05, 3.63) is 35.4 Å². The molecular weight excluding hydrogens is 222 g/mol. The van der Waals surface area contributed by atoms with Gasteiger partial charge in [-0.05, 0) is 37.2 Å². The molecule has 0 aromatic heterocycles. The maximum Gasteiger partial charge on any atom is 0.213 e. The molecular formula is C11H18N3OS+. The summed E-state index contributed by atoms with van der Waals surface area (Å²) in [7, 11) is 0. The quantitative estimate of drug-likeness (QED) is 0.444. The summed E-state index contributed by atoms with van der Waals surface area (Å²) in [4.78, 5) is 0. The molecule has 1 aromatic rings. The molecule has 1 aromatic carbocycles. The summed E-state index contributed by atoms with van der Waals surface area (Å²) < 4.78 is 0. The van der Waals surface area contributed by atoms with Gasteiger partial charge >= 0.3 is 0 Å². The average molecular weight is 240 g/mol. The fraction of sp³-hybridized carbons (Fsp3) is 0.364. The van der Waals surface area contributed by atoms with E-state index in [1.807, 2.05) is 24.3 Å². The van der Waals surface area contributed by atoms with Gasteiger partial charge in [-0.15, -0.1) is 0 Å². The topological polar surface area (TPSA) is 71.9 Å². The number of hydrogen-bond acceptors (Lipinski definition) is 2. The Hall–Kier alpha value is -1.17. The second kappa shape index (κ2) is 5.25. The first kappa shape index (κ1) is 12.9. The molecule has 0 fully saturated rings. The van der Waals surface area contributed by atoms with Crippen molar-refractivity contribution in [3.63, 3.8) is 0 Å². The van der Waals surface area contributed by atoms with Crippen LogP contribution < -0.4 is 16.6 Å². The summed E-state index contributed by atoms with van der Waals surface area (Å²) in [5.41, 5.74) is 3.81. The standard InChI is InChI=1S/C11H17N3OS/c1-11(2,15)9-5-3-8(4-6-9)7-13-10(16)14-12/h3-6,15H,7,12H2,1-2H3,(H2,13,14,16)/p+1. The Morgan fingerprint density at radius 1 is 1.38 bits per heavy atom. The van der Waals surface area contributed by atoms with Gasteiger partial charge in [0.1, 0.15) is 0 Å². The van der Waals surface area contributed by atoms with E-state index in [4.69, 9.17) is 12.2 Å². The zero-order chi connectivity index (χ0) is 12.2. The molecule has 6 N–H and O–H groups in total. The average Bonchev–Trinajstić information content (AvgIpc) is 2.25. The highest BCUT2D eigenvalue weighted by Gasteiger charge is 2.14.